The second-order valence-electron chi connectivity index (χ2n) is 10.1. The normalized spacial score (nSPS) is 14.5. The summed E-state index contributed by atoms with van der Waals surface area (Å²) in [5.41, 5.74) is 2.22. The lowest BCUT2D eigenvalue weighted by atomic mass is 9.96. The number of amides is 3. The molecule has 0 saturated heterocycles. The molecule has 1 aliphatic rings. The molecule has 0 spiro atoms. The van der Waals surface area contributed by atoms with Crippen LogP contribution in [0.1, 0.15) is 26.3 Å². The molecule has 0 heterocycles. The van der Waals surface area contributed by atoms with Gasteiger partial charge in [0.1, 0.15) is 24.1 Å². The summed E-state index contributed by atoms with van der Waals surface area (Å²) in [6.07, 6.45) is 4.91. The molecule has 3 amide bonds. The number of esters is 1. The van der Waals surface area contributed by atoms with Gasteiger partial charge in [0.05, 0.1) is 12.1 Å². The maximum Gasteiger partial charge on any atom is 0.326 e. The number of benzene rings is 2. The SMILES string of the molecule is Cc1cccc(NC(=O)NCC(=O)N(CC(=O)OC(C)(C)C)C2=CC=CC(=C=O)C2N(C)c2ccccc2)c1. The number of allylic oxidation sites excluding steroid dienone is 2. The highest BCUT2D eigenvalue weighted by Crippen LogP contribution is 2.29. The second-order valence-corrected chi connectivity index (χ2v) is 10.1. The third-order valence-corrected chi connectivity index (χ3v) is 5.78. The fourth-order valence-corrected chi connectivity index (χ4v) is 4.11. The molecule has 9 nitrogen and oxygen atoms in total. The molecule has 3 rings (SSSR count). The van der Waals surface area contributed by atoms with Crippen LogP contribution in [-0.2, 0) is 19.1 Å². The van der Waals surface area contributed by atoms with Crippen molar-refractivity contribution in [3.05, 3.63) is 89.7 Å². The van der Waals surface area contributed by atoms with Gasteiger partial charge in [0.15, 0.2) is 0 Å². The standard InChI is InChI=1S/C30H34N4O5/c1-21-11-9-13-23(17-21)32-29(38)31-18-26(36)34(19-27(37)39-30(2,3)4)25-16-10-12-22(20-35)28(25)33(5)24-14-7-6-8-15-24/h6-17,28H,18-19H2,1-5H3,(H2,31,32,38). The van der Waals surface area contributed by atoms with Crippen LogP contribution in [0.15, 0.2) is 84.1 Å². The fourth-order valence-electron chi connectivity index (χ4n) is 4.11. The third kappa shape index (κ3) is 8.18. The minimum atomic E-state index is -0.771. The van der Waals surface area contributed by atoms with Crippen LogP contribution in [0.2, 0.25) is 0 Å². The third-order valence-electron chi connectivity index (χ3n) is 5.78. The van der Waals surface area contributed by atoms with Crippen molar-refractivity contribution in [1.82, 2.24) is 10.2 Å². The summed E-state index contributed by atoms with van der Waals surface area (Å²) in [5.74, 6) is 0.777. The summed E-state index contributed by atoms with van der Waals surface area (Å²) in [6.45, 7) is 6.28. The number of ether oxygens (including phenoxy) is 1. The molecular weight excluding hydrogens is 496 g/mol. The molecule has 1 aliphatic carbocycles. The minimum absolute atomic E-state index is 0.283. The largest absolute Gasteiger partial charge is 0.459 e. The lowest BCUT2D eigenvalue weighted by Gasteiger charge is -2.38. The van der Waals surface area contributed by atoms with Gasteiger partial charge in [0.2, 0.25) is 5.91 Å². The monoisotopic (exact) mass is 530 g/mol. The van der Waals surface area contributed by atoms with Crippen molar-refractivity contribution in [2.24, 2.45) is 0 Å². The molecule has 0 bridgehead atoms. The number of urea groups is 1. The molecule has 0 radical (unpaired) electrons. The number of carbonyl (C=O) groups excluding carboxylic acids is 4. The molecule has 204 valence electrons. The Morgan fingerprint density at radius 2 is 1.77 bits per heavy atom. The van der Waals surface area contributed by atoms with E-state index in [-0.39, 0.29) is 5.57 Å². The Hall–Kier alpha value is -4.62. The van der Waals surface area contributed by atoms with Gasteiger partial charge in [-0.3, -0.25) is 9.59 Å². The molecule has 1 atom stereocenters. The molecule has 2 aromatic rings. The van der Waals surface area contributed by atoms with Crippen molar-refractivity contribution in [1.29, 1.82) is 0 Å². The summed E-state index contributed by atoms with van der Waals surface area (Å²) >= 11 is 0. The van der Waals surface area contributed by atoms with Crippen LogP contribution >= 0.6 is 0 Å². The number of nitrogens with zero attached hydrogens (tertiary/aromatic N) is 2. The zero-order valence-corrected chi connectivity index (χ0v) is 22.9. The molecule has 0 aliphatic heterocycles. The predicted octanol–water partition coefficient (Wildman–Crippen LogP) is 4.00. The van der Waals surface area contributed by atoms with Crippen molar-refractivity contribution in [3.63, 3.8) is 0 Å². The van der Waals surface area contributed by atoms with E-state index in [1.807, 2.05) is 60.2 Å². The lowest BCUT2D eigenvalue weighted by molar-refractivity contribution is -0.157. The van der Waals surface area contributed by atoms with E-state index in [0.717, 1.165) is 11.3 Å². The van der Waals surface area contributed by atoms with Gasteiger partial charge in [-0.25, -0.2) is 9.59 Å². The van der Waals surface area contributed by atoms with Gasteiger partial charge in [-0.05, 0) is 69.7 Å². The van der Waals surface area contributed by atoms with Crippen molar-refractivity contribution >= 4 is 35.2 Å². The van der Waals surface area contributed by atoms with Gasteiger partial charge >= 0.3 is 12.0 Å². The summed E-state index contributed by atoms with van der Waals surface area (Å²) in [4.78, 5) is 53.9. The quantitative estimate of drug-likeness (QED) is 0.395. The number of hydrogen-bond acceptors (Lipinski definition) is 6. The van der Waals surface area contributed by atoms with E-state index >= 15 is 0 Å². The average molecular weight is 531 g/mol. The van der Waals surface area contributed by atoms with E-state index in [1.54, 1.807) is 58.2 Å². The Morgan fingerprint density at radius 1 is 1.05 bits per heavy atom. The Morgan fingerprint density at radius 3 is 2.41 bits per heavy atom. The number of rotatable bonds is 8. The highest BCUT2D eigenvalue weighted by atomic mass is 16.6. The van der Waals surface area contributed by atoms with Crippen molar-refractivity contribution in [2.45, 2.75) is 39.3 Å². The van der Waals surface area contributed by atoms with Crippen LogP contribution in [0.5, 0.6) is 0 Å². The first kappa shape index (κ1) is 28.9. The zero-order chi connectivity index (χ0) is 28.6. The van der Waals surface area contributed by atoms with Crippen LogP contribution in [0, 0.1) is 6.92 Å². The van der Waals surface area contributed by atoms with Crippen LogP contribution in [0.4, 0.5) is 16.2 Å². The molecule has 2 aromatic carbocycles. The van der Waals surface area contributed by atoms with E-state index in [1.165, 1.54) is 4.90 Å². The van der Waals surface area contributed by atoms with E-state index < -0.39 is 42.6 Å². The topological polar surface area (TPSA) is 108 Å². The van der Waals surface area contributed by atoms with Gasteiger partial charge in [-0.15, -0.1) is 0 Å². The molecule has 0 saturated carbocycles. The van der Waals surface area contributed by atoms with Gasteiger partial charge in [0.25, 0.3) is 0 Å². The molecule has 39 heavy (non-hydrogen) atoms. The lowest BCUT2D eigenvalue weighted by Crippen LogP contribution is -2.49. The van der Waals surface area contributed by atoms with Crippen LogP contribution in [0.3, 0.4) is 0 Å². The Bertz CT molecular complexity index is 1320. The predicted molar refractivity (Wildman–Crippen MR) is 151 cm³/mol. The highest BCUT2D eigenvalue weighted by Gasteiger charge is 2.34. The maximum atomic E-state index is 13.5. The zero-order valence-electron chi connectivity index (χ0n) is 22.9. The summed E-state index contributed by atoms with van der Waals surface area (Å²) < 4.78 is 5.48. The first-order valence-corrected chi connectivity index (χ1v) is 12.5. The number of nitrogens with one attached hydrogen (secondary N) is 2. The Kier molecular flexibility index (Phi) is 9.47. The number of aryl methyl sites for hydroxylation is 1. The Labute approximate surface area is 228 Å². The highest BCUT2D eigenvalue weighted by molar-refractivity contribution is 5.93. The van der Waals surface area contributed by atoms with Gasteiger partial charge < -0.3 is 25.2 Å². The molecule has 0 fully saturated rings. The van der Waals surface area contributed by atoms with Crippen LogP contribution in [0.25, 0.3) is 0 Å². The second kappa shape index (κ2) is 12.8. The van der Waals surface area contributed by atoms with Crippen LogP contribution in [-0.4, -0.2) is 60.5 Å². The fraction of sp³-hybridized carbons (Fsp3) is 0.300. The van der Waals surface area contributed by atoms with E-state index in [9.17, 15) is 19.2 Å². The van der Waals surface area contributed by atoms with Crippen molar-refractivity contribution < 1.29 is 23.9 Å². The molecular formula is C30H34N4O5. The smallest absolute Gasteiger partial charge is 0.326 e. The molecule has 2 N–H and O–H groups in total. The van der Waals surface area contributed by atoms with Gasteiger partial charge in [-0.2, -0.15) is 0 Å². The maximum absolute atomic E-state index is 13.5. The van der Waals surface area contributed by atoms with Gasteiger partial charge in [0, 0.05) is 24.1 Å². The van der Waals surface area contributed by atoms with E-state index in [2.05, 4.69) is 10.6 Å². The van der Waals surface area contributed by atoms with E-state index in [4.69, 9.17) is 4.74 Å². The number of anilines is 2. The Balaban J connectivity index is 1.88. The minimum Gasteiger partial charge on any atom is -0.459 e. The number of carbonyl (C=O) groups is 3. The van der Waals surface area contributed by atoms with Crippen molar-refractivity contribution in [2.75, 3.05) is 30.4 Å². The first-order chi connectivity index (χ1) is 18.5. The van der Waals surface area contributed by atoms with Crippen LogP contribution < -0.4 is 15.5 Å². The number of para-hydroxylation sites is 1. The summed E-state index contributed by atoms with van der Waals surface area (Å²) in [6, 6.07) is 15.3. The average Bonchev–Trinajstić information content (AvgIpc) is 2.89. The summed E-state index contributed by atoms with van der Waals surface area (Å²) in [7, 11) is 1.79. The molecule has 9 heteroatoms. The van der Waals surface area contributed by atoms with Gasteiger partial charge in [-0.1, -0.05) is 36.4 Å². The first-order valence-electron chi connectivity index (χ1n) is 12.5. The van der Waals surface area contributed by atoms with Crippen molar-refractivity contribution in [3.8, 4) is 0 Å². The molecule has 1 unspecified atom stereocenters. The van der Waals surface area contributed by atoms with E-state index in [0.29, 0.717) is 11.4 Å². The number of likely N-dealkylation sites (N-methyl/N-ethyl adjacent to an activating group) is 1. The summed E-state index contributed by atoms with van der Waals surface area (Å²) in [5, 5.41) is 5.25. The number of hydrogen-bond donors (Lipinski definition) is 2. The molecule has 0 aromatic heterocycles.